The van der Waals surface area contributed by atoms with Gasteiger partial charge < -0.3 is 10.1 Å². The van der Waals surface area contributed by atoms with Gasteiger partial charge in [0.2, 0.25) is 0 Å². The van der Waals surface area contributed by atoms with Crippen molar-refractivity contribution in [2.45, 2.75) is 18.2 Å². The Hall–Kier alpha value is -0.430. The molecule has 1 fully saturated rings. The van der Waals surface area contributed by atoms with Crippen molar-refractivity contribution >= 4 is 28.6 Å². The molecule has 0 saturated carbocycles. The van der Waals surface area contributed by atoms with Gasteiger partial charge in [-0.3, -0.25) is 0 Å². The molecular weight excluding hydrogens is 226 g/mol. The van der Waals surface area contributed by atoms with Gasteiger partial charge in [-0.2, -0.15) is 12.6 Å². The lowest BCUT2D eigenvalue weighted by Gasteiger charge is -2.14. The molecule has 1 aliphatic heterocycles. The summed E-state index contributed by atoms with van der Waals surface area (Å²) < 4.78 is 26.9. The zero-order valence-electron chi connectivity index (χ0n) is 7.76. The molecule has 0 unspecified atom stereocenters. The van der Waals surface area contributed by atoms with E-state index in [0.29, 0.717) is 0 Å². The number of nitrogens with one attached hydrogen (secondary N) is 1. The van der Waals surface area contributed by atoms with Gasteiger partial charge in [0.25, 0.3) is 0 Å². The standard InChI is InChI=1S/C7H13NO4S2/c1-2-12-7(9)8-5-3-14(10,11)4-6(5)13/h5-6,13H,2-4H2,1H3,(H,8,9)/t5-,6-/m1/s1. The third-order valence-corrected chi connectivity index (χ3v) is 4.42. The lowest BCUT2D eigenvalue weighted by Crippen LogP contribution is -2.40. The molecule has 0 spiro atoms. The predicted octanol–water partition coefficient (Wildman–Crippen LogP) is -0.172. The number of carbonyl (C=O) groups excluding carboxylic acids is 1. The van der Waals surface area contributed by atoms with Crippen molar-refractivity contribution in [3.63, 3.8) is 0 Å². The van der Waals surface area contributed by atoms with E-state index >= 15 is 0 Å². The first kappa shape index (κ1) is 11.6. The molecule has 0 aliphatic carbocycles. The number of rotatable bonds is 2. The summed E-state index contributed by atoms with van der Waals surface area (Å²) in [5.41, 5.74) is 0. The molecular formula is C7H13NO4S2. The highest BCUT2D eigenvalue weighted by Gasteiger charge is 2.36. The highest BCUT2D eigenvalue weighted by molar-refractivity contribution is 7.93. The summed E-state index contributed by atoms with van der Waals surface area (Å²) in [6.45, 7) is 1.95. The Morgan fingerprint density at radius 2 is 2.21 bits per heavy atom. The first-order valence-electron chi connectivity index (χ1n) is 4.26. The number of alkyl carbamates (subject to hydrolysis) is 1. The van der Waals surface area contributed by atoms with Crippen LogP contribution < -0.4 is 5.32 Å². The van der Waals surface area contributed by atoms with Gasteiger partial charge in [-0.25, -0.2) is 13.2 Å². The topological polar surface area (TPSA) is 72.5 Å². The van der Waals surface area contributed by atoms with Crippen LogP contribution in [0.1, 0.15) is 6.92 Å². The molecule has 1 amide bonds. The van der Waals surface area contributed by atoms with E-state index in [2.05, 4.69) is 22.7 Å². The van der Waals surface area contributed by atoms with Gasteiger partial charge in [0, 0.05) is 5.25 Å². The number of sulfone groups is 1. The summed E-state index contributed by atoms with van der Waals surface area (Å²) in [5, 5.41) is 2.13. The quantitative estimate of drug-likeness (QED) is 0.656. The van der Waals surface area contributed by atoms with Gasteiger partial charge in [-0.05, 0) is 6.92 Å². The first-order valence-corrected chi connectivity index (χ1v) is 6.60. The lowest BCUT2D eigenvalue weighted by molar-refractivity contribution is 0.149. The maximum Gasteiger partial charge on any atom is 0.407 e. The SMILES string of the molecule is CCOC(=O)N[C@@H]1CS(=O)(=O)C[C@H]1S. The summed E-state index contributed by atoms with van der Waals surface area (Å²) >= 11 is 4.09. The van der Waals surface area contributed by atoms with E-state index in [1.165, 1.54) is 0 Å². The molecule has 14 heavy (non-hydrogen) atoms. The van der Waals surface area contributed by atoms with E-state index in [9.17, 15) is 13.2 Å². The van der Waals surface area contributed by atoms with Gasteiger partial charge >= 0.3 is 6.09 Å². The van der Waals surface area contributed by atoms with Crippen LogP contribution in [0.3, 0.4) is 0 Å². The highest BCUT2D eigenvalue weighted by atomic mass is 32.2. The number of hydrogen-bond donors (Lipinski definition) is 2. The van der Waals surface area contributed by atoms with Crippen molar-refractivity contribution in [1.82, 2.24) is 5.32 Å². The smallest absolute Gasteiger partial charge is 0.407 e. The molecule has 1 heterocycles. The molecule has 82 valence electrons. The Morgan fingerprint density at radius 3 is 2.64 bits per heavy atom. The van der Waals surface area contributed by atoms with E-state index in [0.717, 1.165) is 0 Å². The zero-order valence-corrected chi connectivity index (χ0v) is 9.48. The monoisotopic (exact) mass is 239 g/mol. The van der Waals surface area contributed by atoms with Crippen molar-refractivity contribution in [3.8, 4) is 0 Å². The highest BCUT2D eigenvalue weighted by Crippen LogP contribution is 2.17. The van der Waals surface area contributed by atoms with E-state index in [4.69, 9.17) is 0 Å². The maximum atomic E-state index is 11.1. The van der Waals surface area contributed by atoms with Crippen LogP contribution in [0.2, 0.25) is 0 Å². The minimum absolute atomic E-state index is 0.00713. The van der Waals surface area contributed by atoms with Crippen molar-refractivity contribution in [2.75, 3.05) is 18.1 Å². The Labute approximate surface area is 88.5 Å². The third kappa shape index (κ3) is 3.06. The average Bonchev–Trinajstić information content (AvgIpc) is 2.25. The Kier molecular flexibility index (Phi) is 3.65. The van der Waals surface area contributed by atoms with Crippen molar-refractivity contribution in [2.24, 2.45) is 0 Å². The van der Waals surface area contributed by atoms with E-state index in [1.54, 1.807) is 6.92 Å². The summed E-state index contributed by atoms with van der Waals surface area (Å²) in [6, 6.07) is -0.442. The number of thiol groups is 1. The summed E-state index contributed by atoms with van der Waals surface area (Å²) in [7, 11) is -3.05. The fourth-order valence-electron chi connectivity index (χ4n) is 1.29. The van der Waals surface area contributed by atoms with Crippen LogP contribution in [0.25, 0.3) is 0 Å². The molecule has 0 bridgehead atoms. The van der Waals surface area contributed by atoms with Gasteiger partial charge in [-0.1, -0.05) is 0 Å². The molecule has 0 aromatic rings. The van der Waals surface area contributed by atoms with Crippen LogP contribution in [0.5, 0.6) is 0 Å². The molecule has 0 aromatic carbocycles. The van der Waals surface area contributed by atoms with Gasteiger partial charge in [0.05, 0.1) is 24.2 Å². The molecule has 1 N–H and O–H groups in total. The third-order valence-electron chi connectivity index (χ3n) is 1.90. The normalized spacial score (nSPS) is 29.9. The number of hydrogen-bond acceptors (Lipinski definition) is 5. The number of amides is 1. The summed E-state index contributed by atoms with van der Waals surface area (Å²) in [4.78, 5) is 11.0. The van der Waals surface area contributed by atoms with Crippen LogP contribution >= 0.6 is 12.6 Å². The average molecular weight is 239 g/mol. The number of ether oxygens (including phenoxy) is 1. The van der Waals surface area contributed by atoms with Crippen LogP contribution in [-0.2, 0) is 14.6 Å². The van der Waals surface area contributed by atoms with Crippen LogP contribution in [0.15, 0.2) is 0 Å². The minimum atomic E-state index is -3.05. The van der Waals surface area contributed by atoms with Gasteiger partial charge in [0.1, 0.15) is 0 Å². The molecule has 1 aliphatic rings. The zero-order chi connectivity index (χ0) is 10.8. The molecule has 0 aromatic heterocycles. The van der Waals surface area contributed by atoms with Crippen molar-refractivity contribution in [1.29, 1.82) is 0 Å². The van der Waals surface area contributed by atoms with Gasteiger partial charge in [-0.15, -0.1) is 0 Å². The van der Waals surface area contributed by atoms with Crippen LogP contribution in [-0.4, -0.2) is 43.9 Å². The minimum Gasteiger partial charge on any atom is -0.450 e. The largest absolute Gasteiger partial charge is 0.450 e. The summed E-state index contributed by atoms with van der Waals surface area (Å²) in [5.74, 6) is -0.0484. The first-order chi connectivity index (χ1) is 6.44. The molecule has 1 rings (SSSR count). The van der Waals surface area contributed by atoms with Crippen LogP contribution in [0.4, 0.5) is 4.79 Å². The van der Waals surface area contributed by atoms with E-state index < -0.39 is 22.0 Å². The van der Waals surface area contributed by atoms with E-state index in [1.807, 2.05) is 0 Å². The molecule has 7 heteroatoms. The van der Waals surface area contributed by atoms with Crippen molar-refractivity contribution < 1.29 is 17.9 Å². The Balaban J connectivity index is 2.51. The maximum absolute atomic E-state index is 11.1. The predicted molar refractivity (Wildman–Crippen MR) is 55.4 cm³/mol. The van der Waals surface area contributed by atoms with Gasteiger partial charge in [0.15, 0.2) is 9.84 Å². The second-order valence-electron chi connectivity index (χ2n) is 3.12. The van der Waals surface area contributed by atoms with Crippen LogP contribution in [0, 0.1) is 0 Å². The second-order valence-corrected chi connectivity index (χ2v) is 5.93. The fourth-order valence-corrected chi connectivity index (χ4v) is 4.05. The Morgan fingerprint density at radius 1 is 1.57 bits per heavy atom. The summed E-state index contributed by atoms with van der Waals surface area (Å²) in [6.07, 6.45) is -0.589. The molecule has 5 nitrogen and oxygen atoms in total. The molecule has 2 atom stereocenters. The Bertz CT molecular complexity index is 314. The molecule has 0 radical (unpaired) electrons. The fraction of sp³-hybridized carbons (Fsp3) is 0.857. The van der Waals surface area contributed by atoms with Crippen molar-refractivity contribution in [3.05, 3.63) is 0 Å². The molecule has 1 saturated heterocycles. The van der Waals surface area contributed by atoms with E-state index in [-0.39, 0.29) is 23.4 Å². The second kappa shape index (κ2) is 4.39. The lowest BCUT2D eigenvalue weighted by atomic mass is 10.2. The number of carbonyl (C=O) groups is 1.